The number of rotatable bonds is 3. The molecule has 18 heavy (non-hydrogen) atoms. The van der Waals surface area contributed by atoms with E-state index in [0.717, 1.165) is 22.5 Å². The zero-order valence-electron chi connectivity index (χ0n) is 11.1. The van der Waals surface area contributed by atoms with E-state index in [1.807, 2.05) is 6.07 Å². The van der Waals surface area contributed by atoms with E-state index in [1.165, 1.54) is 31.7 Å². The highest BCUT2D eigenvalue weighted by atomic mass is 79.9. The summed E-state index contributed by atoms with van der Waals surface area (Å²) < 4.78 is 14.1. The van der Waals surface area contributed by atoms with Crippen LogP contribution < -0.4 is 0 Å². The number of nitrogens with zero attached hydrogens (tertiary/aromatic N) is 1. The van der Waals surface area contributed by atoms with Gasteiger partial charge in [-0.25, -0.2) is 4.39 Å². The molecule has 0 saturated heterocycles. The number of hydrogen-bond acceptors (Lipinski definition) is 1. The van der Waals surface area contributed by atoms with Gasteiger partial charge in [-0.05, 0) is 62.4 Å². The van der Waals surface area contributed by atoms with E-state index >= 15 is 0 Å². The summed E-state index contributed by atoms with van der Waals surface area (Å²) in [4.78, 5) is 2.37. The van der Waals surface area contributed by atoms with Gasteiger partial charge in [-0.1, -0.05) is 22.9 Å². The van der Waals surface area contributed by atoms with Crippen molar-refractivity contribution in [2.45, 2.75) is 45.2 Å². The predicted molar refractivity (Wildman–Crippen MR) is 77.0 cm³/mol. The number of halogens is 2. The molecular weight excluding hydrogens is 293 g/mol. The molecule has 0 unspecified atom stereocenters. The molecule has 2 rings (SSSR count). The van der Waals surface area contributed by atoms with Crippen LogP contribution in [-0.4, -0.2) is 18.0 Å². The van der Waals surface area contributed by atoms with Crippen molar-refractivity contribution in [2.24, 2.45) is 5.92 Å². The third-order valence-corrected chi connectivity index (χ3v) is 4.42. The van der Waals surface area contributed by atoms with Gasteiger partial charge in [0.25, 0.3) is 0 Å². The van der Waals surface area contributed by atoms with E-state index in [1.54, 1.807) is 6.07 Å². The second-order valence-corrected chi connectivity index (χ2v) is 6.52. The molecule has 0 amide bonds. The number of hydrogen-bond donors (Lipinski definition) is 0. The molecule has 1 aromatic carbocycles. The van der Waals surface area contributed by atoms with Crippen molar-refractivity contribution in [3.8, 4) is 0 Å². The fourth-order valence-electron chi connectivity index (χ4n) is 2.80. The summed E-state index contributed by atoms with van der Waals surface area (Å²) in [6.45, 7) is 3.16. The molecule has 1 aliphatic carbocycles. The molecule has 0 aliphatic heterocycles. The minimum atomic E-state index is -0.162. The Morgan fingerprint density at radius 2 is 1.89 bits per heavy atom. The Balaban J connectivity index is 1.96. The molecule has 1 saturated carbocycles. The Hall–Kier alpha value is -0.410. The maximum atomic E-state index is 13.3. The Kier molecular flexibility index (Phi) is 4.79. The summed E-state index contributed by atoms with van der Waals surface area (Å²) in [6, 6.07) is 5.80. The van der Waals surface area contributed by atoms with Gasteiger partial charge < -0.3 is 0 Å². The first kappa shape index (κ1) is 14.0. The van der Waals surface area contributed by atoms with Gasteiger partial charge in [0.1, 0.15) is 5.82 Å². The quantitative estimate of drug-likeness (QED) is 0.788. The van der Waals surface area contributed by atoms with E-state index in [4.69, 9.17) is 0 Å². The monoisotopic (exact) mass is 313 g/mol. The fraction of sp³-hybridized carbons (Fsp3) is 0.600. The smallest absolute Gasteiger partial charge is 0.124 e. The highest BCUT2D eigenvalue weighted by Gasteiger charge is 2.21. The lowest BCUT2D eigenvalue weighted by atomic mass is 9.86. The van der Waals surface area contributed by atoms with Crippen LogP contribution in [-0.2, 0) is 6.54 Å². The van der Waals surface area contributed by atoms with Crippen LogP contribution >= 0.6 is 15.9 Å². The topological polar surface area (TPSA) is 3.24 Å². The van der Waals surface area contributed by atoms with Gasteiger partial charge in [0, 0.05) is 17.1 Å². The van der Waals surface area contributed by atoms with Gasteiger partial charge >= 0.3 is 0 Å². The average Bonchev–Trinajstić information content (AvgIpc) is 2.28. The molecule has 1 aromatic rings. The molecule has 0 atom stereocenters. The molecule has 1 nitrogen and oxygen atoms in total. The highest BCUT2D eigenvalue weighted by Crippen LogP contribution is 2.27. The maximum absolute atomic E-state index is 13.3. The van der Waals surface area contributed by atoms with Crippen LogP contribution in [0.5, 0.6) is 0 Å². The van der Waals surface area contributed by atoms with E-state index in [9.17, 15) is 4.39 Å². The molecule has 100 valence electrons. The average molecular weight is 314 g/mol. The van der Waals surface area contributed by atoms with Gasteiger partial charge in [0.05, 0.1) is 0 Å². The molecule has 0 bridgehead atoms. The minimum absolute atomic E-state index is 0.162. The first-order valence-electron chi connectivity index (χ1n) is 6.70. The van der Waals surface area contributed by atoms with Crippen molar-refractivity contribution >= 4 is 15.9 Å². The van der Waals surface area contributed by atoms with E-state index < -0.39 is 0 Å². The van der Waals surface area contributed by atoms with Crippen molar-refractivity contribution in [3.63, 3.8) is 0 Å². The first-order valence-corrected chi connectivity index (χ1v) is 7.49. The van der Waals surface area contributed by atoms with Crippen LogP contribution in [0.4, 0.5) is 4.39 Å². The van der Waals surface area contributed by atoms with Gasteiger partial charge in [-0.15, -0.1) is 0 Å². The van der Waals surface area contributed by atoms with Gasteiger partial charge in [0.15, 0.2) is 0 Å². The maximum Gasteiger partial charge on any atom is 0.124 e. The second kappa shape index (κ2) is 6.16. The van der Waals surface area contributed by atoms with Crippen molar-refractivity contribution in [3.05, 3.63) is 34.1 Å². The van der Waals surface area contributed by atoms with Crippen molar-refractivity contribution in [1.29, 1.82) is 0 Å². The molecule has 0 N–H and O–H groups in total. The Morgan fingerprint density at radius 3 is 2.50 bits per heavy atom. The van der Waals surface area contributed by atoms with Crippen LogP contribution in [0.25, 0.3) is 0 Å². The molecule has 0 radical (unpaired) electrons. The van der Waals surface area contributed by atoms with Gasteiger partial charge in [-0.2, -0.15) is 0 Å². The Morgan fingerprint density at radius 1 is 1.22 bits per heavy atom. The predicted octanol–water partition coefficient (Wildman–Crippen LogP) is 4.60. The zero-order valence-corrected chi connectivity index (χ0v) is 12.7. The summed E-state index contributed by atoms with van der Waals surface area (Å²) >= 11 is 3.35. The first-order chi connectivity index (χ1) is 8.54. The summed E-state index contributed by atoms with van der Waals surface area (Å²) in [5.41, 5.74) is 1.04. The molecule has 0 heterocycles. The van der Waals surface area contributed by atoms with Crippen molar-refractivity contribution in [1.82, 2.24) is 4.90 Å². The van der Waals surface area contributed by atoms with Gasteiger partial charge in [-0.3, -0.25) is 4.90 Å². The van der Waals surface area contributed by atoms with Crippen LogP contribution in [0.2, 0.25) is 0 Å². The standard InChI is InChI=1S/C15H21BrFN/c1-11-3-5-15(6-4-11)18(2)10-12-7-13(16)9-14(17)8-12/h7-9,11,15H,3-6,10H2,1-2H3. The van der Waals surface area contributed by atoms with Crippen LogP contribution in [0.15, 0.2) is 22.7 Å². The van der Waals surface area contributed by atoms with Crippen LogP contribution in [0, 0.1) is 11.7 Å². The zero-order chi connectivity index (χ0) is 13.1. The summed E-state index contributed by atoms with van der Waals surface area (Å²) in [5.74, 6) is 0.711. The second-order valence-electron chi connectivity index (χ2n) is 5.61. The normalized spacial score (nSPS) is 24.5. The third-order valence-electron chi connectivity index (χ3n) is 3.96. The van der Waals surface area contributed by atoms with Gasteiger partial charge in [0.2, 0.25) is 0 Å². The summed E-state index contributed by atoms with van der Waals surface area (Å²) in [7, 11) is 2.15. The third kappa shape index (κ3) is 3.79. The number of benzene rings is 1. The van der Waals surface area contributed by atoms with Crippen molar-refractivity contribution in [2.75, 3.05) is 7.05 Å². The van der Waals surface area contributed by atoms with Crippen molar-refractivity contribution < 1.29 is 4.39 Å². The fourth-order valence-corrected chi connectivity index (χ4v) is 3.32. The lowest BCUT2D eigenvalue weighted by molar-refractivity contribution is 0.164. The molecule has 3 heteroatoms. The molecule has 0 spiro atoms. The van der Waals surface area contributed by atoms with E-state index in [0.29, 0.717) is 6.04 Å². The lowest BCUT2D eigenvalue weighted by Crippen LogP contribution is -2.34. The summed E-state index contributed by atoms with van der Waals surface area (Å²) in [5, 5.41) is 0. The lowest BCUT2D eigenvalue weighted by Gasteiger charge is -2.33. The molecular formula is C15H21BrFN. The van der Waals surface area contributed by atoms with Crippen LogP contribution in [0.3, 0.4) is 0 Å². The Labute approximate surface area is 118 Å². The van der Waals surface area contributed by atoms with Crippen LogP contribution in [0.1, 0.15) is 38.2 Å². The Bertz CT molecular complexity index is 379. The van der Waals surface area contributed by atoms with E-state index in [2.05, 4.69) is 34.8 Å². The molecule has 1 fully saturated rings. The molecule has 0 aromatic heterocycles. The largest absolute Gasteiger partial charge is 0.299 e. The van der Waals surface area contributed by atoms with E-state index in [-0.39, 0.29) is 5.82 Å². The SMILES string of the molecule is CC1CCC(N(C)Cc2cc(F)cc(Br)c2)CC1. The summed E-state index contributed by atoms with van der Waals surface area (Å²) in [6.07, 6.45) is 5.19. The minimum Gasteiger partial charge on any atom is -0.299 e. The molecule has 1 aliphatic rings. The highest BCUT2D eigenvalue weighted by molar-refractivity contribution is 9.10.